The fraction of sp³-hybridized carbons (Fsp3) is 0.222. The van der Waals surface area contributed by atoms with E-state index in [2.05, 4.69) is 37.3 Å². The first-order chi connectivity index (χ1) is 10.3. The van der Waals surface area contributed by atoms with Crippen LogP contribution >= 0.6 is 11.3 Å². The van der Waals surface area contributed by atoms with Gasteiger partial charge in [0.25, 0.3) is 0 Å². The molecule has 0 fully saturated rings. The van der Waals surface area contributed by atoms with Crippen molar-refractivity contribution in [1.82, 2.24) is 0 Å². The zero-order chi connectivity index (χ0) is 14.7. The number of fused-ring (bicyclic) bond motifs is 1. The molecule has 0 aliphatic carbocycles. The van der Waals surface area contributed by atoms with Crippen molar-refractivity contribution < 1.29 is 9.47 Å². The SMILES string of the molecule is CCCOc1ccc(OC)c2cc(-c3ccccc3)sc12. The Morgan fingerprint density at radius 3 is 2.48 bits per heavy atom. The topological polar surface area (TPSA) is 18.5 Å². The first kappa shape index (κ1) is 14.0. The van der Waals surface area contributed by atoms with Crippen molar-refractivity contribution in [2.45, 2.75) is 13.3 Å². The summed E-state index contributed by atoms with van der Waals surface area (Å²) >= 11 is 1.75. The van der Waals surface area contributed by atoms with E-state index in [1.807, 2.05) is 18.2 Å². The molecule has 0 saturated carbocycles. The van der Waals surface area contributed by atoms with Crippen LogP contribution in [-0.4, -0.2) is 13.7 Å². The van der Waals surface area contributed by atoms with E-state index in [0.717, 1.165) is 34.6 Å². The van der Waals surface area contributed by atoms with Crippen LogP contribution in [-0.2, 0) is 0 Å². The smallest absolute Gasteiger partial charge is 0.137 e. The summed E-state index contributed by atoms with van der Waals surface area (Å²) < 4.78 is 12.5. The van der Waals surface area contributed by atoms with Crippen LogP contribution in [0.3, 0.4) is 0 Å². The summed E-state index contributed by atoms with van der Waals surface area (Å²) in [5.41, 5.74) is 1.22. The molecule has 0 spiro atoms. The van der Waals surface area contributed by atoms with Crippen molar-refractivity contribution in [2.24, 2.45) is 0 Å². The minimum absolute atomic E-state index is 0.736. The van der Waals surface area contributed by atoms with Crippen molar-refractivity contribution in [3.63, 3.8) is 0 Å². The third kappa shape index (κ3) is 2.74. The highest BCUT2D eigenvalue weighted by Gasteiger charge is 2.13. The van der Waals surface area contributed by atoms with Gasteiger partial charge in [-0.2, -0.15) is 0 Å². The second-order valence-electron chi connectivity index (χ2n) is 4.83. The summed E-state index contributed by atoms with van der Waals surface area (Å²) in [7, 11) is 1.71. The van der Waals surface area contributed by atoms with Gasteiger partial charge in [0.05, 0.1) is 18.4 Å². The van der Waals surface area contributed by atoms with E-state index in [9.17, 15) is 0 Å². The Morgan fingerprint density at radius 1 is 1.00 bits per heavy atom. The summed E-state index contributed by atoms with van der Waals surface area (Å²) in [4.78, 5) is 1.23. The molecular formula is C18H18O2S. The normalized spacial score (nSPS) is 10.8. The Labute approximate surface area is 128 Å². The van der Waals surface area contributed by atoms with Gasteiger partial charge in [-0.05, 0) is 30.2 Å². The lowest BCUT2D eigenvalue weighted by atomic mass is 10.1. The van der Waals surface area contributed by atoms with Crippen LogP contribution in [0.1, 0.15) is 13.3 Å². The van der Waals surface area contributed by atoms with Crippen molar-refractivity contribution in [3.05, 3.63) is 48.5 Å². The summed E-state index contributed by atoms with van der Waals surface area (Å²) in [6.07, 6.45) is 1.00. The molecule has 3 aromatic rings. The van der Waals surface area contributed by atoms with Crippen molar-refractivity contribution in [2.75, 3.05) is 13.7 Å². The number of hydrogen-bond donors (Lipinski definition) is 0. The minimum atomic E-state index is 0.736. The molecule has 0 aliphatic rings. The van der Waals surface area contributed by atoms with Crippen LogP contribution in [0.25, 0.3) is 20.5 Å². The maximum Gasteiger partial charge on any atom is 0.137 e. The predicted octanol–water partition coefficient (Wildman–Crippen LogP) is 5.37. The van der Waals surface area contributed by atoms with E-state index in [1.54, 1.807) is 18.4 Å². The zero-order valence-corrected chi connectivity index (χ0v) is 13.1. The molecule has 0 saturated heterocycles. The number of hydrogen-bond acceptors (Lipinski definition) is 3. The van der Waals surface area contributed by atoms with Crippen LogP contribution in [0, 0.1) is 0 Å². The highest BCUT2D eigenvalue weighted by atomic mass is 32.1. The Bertz CT molecular complexity index is 732. The van der Waals surface area contributed by atoms with Gasteiger partial charge >= 0.3 is 0 Å². The van der Waals surface area contributed by atoms with E-state index in [-0.39, 0.29) is 0 Å². The number of ether oxygens (including phenoxy) is 2. The van der Waals surface area contributed by atoms with Crippen molar-refractivity contribution in [3.8, 4) is 21.9 Å². The lowest BCUT2D eigenvalue weighted by molar-refractivity contribution is 0.321. The molecule has 2 nitrogen and oxygen atoms in total. The molecule has 21 heavy (non-hydrogen) atoms. The maximum atomic E-state index is 5.87. The van der Waals surface area contributed by atoms with Gasteiger partial charge < -0.3 is 9.47 Å². The van der Waals surface area contributed by atoms with E-state index >= 15 is 0 Å². The molecule has 0 atom stereocenters. The molecule has 0 radical (unpaired) electrons. The zero-order valence-electron chi connectivity index (χ0n) is 12.3. The van der Waals surface area contributed by atoms with Gasteiger partial charge in [0.15, 0.2) is 0 Å². The van der Waals surface area contributed by atoms with E-state index < -0.39 is 0 Å². The minimum Gasteiger partial charge on any atom is -0.496 e. The third-order valence-electron chi connectivity index (χ3n) is 3.35. The quantitative estimate of drug-likeness (QED) is 0.631. The van der Waals surface area contributed by atoms with Crippen LogP contribution in [0.2, 0.25) is 0 Å². The number of methoxy groups -OCH3 is 1. The lowest BCUT2D eigenvalue weighted by Crippen LogP contribution is -1.95. The van der Waals surface area contributed by atoms with E-state index in [1.165, 1.54) is 10.4 Å². The van der Waals surface area contributed by atoms with Gasteiger partial charge in [-0.15, -0.1) is 11.3 Å². The fourth-order valence-corrected chi connectivity index (χ4v) is 3.47. The summed E-state index contributed by atoms with van der Waals surface area (Å²) in [5, 5.41) is 1.12. The molecule has 0 N–H and O–H groups in total. The molecule has 0 unspecified atom stereocenters. The molecule has 0 amide bonds. The monoisotopic (exact) mass is 298 g/mol. The Hall–Kier alpha value is -2.00. The first-order valence-corrected chi connectivity index (χ1v) is 7.94. The van der Waals surface area contributed by atoms with Crippen LogP contribution in [0.5, 0.6) is 11.5 Å². The summed E-state index contributed by atoms with van der Waals surface area (Å²) in [6, 6.07) is 16.6. The second kappa shape index (κ2) is 6.19. The van der Waals surface area contributed by atoms with Gasteiger partial charge in [-0.25, -0.2) is 0 Å². The van der Waals surface area contributed by atoms with Crippen molar-refractivity contribution in [1.29, 1.82) is 0 Å². The van der Waals surface area contributed by atoms with Gasteiger partial charge in [0.2, 0.25) is 0 Å². The van der Waals surface area contributed by atoms with Gasteiger partial charge in [0, 0.05) is 10.3 Å². The average molecular weight is 298 g/mol. The molecule has 1 aromatic heterocycles. The number of benzene rings is 2. The average Bonchev–Trinajstić information content (AvgIpc) is 2.99. The Morgan fingerprint density at radius 2 is 1.76 bits per heavy atom. The van der Waals surface area contributed by atoms with E-state index in [0.29, 0.717) is 0 Å². The molecule has 2 aromatic carbocycles. The van der Waals surface area contributed by atoms with E-state index in [4.69, 9.17) is 9.47 Å². The second-order valence-corrected chi connectivity index (χ2v) is 5.89. The standard InChI is InChI=1S/C18H18O2S/c1-3-11-20-16-10-9-15(19-2)14-12-17(21-18(14)16)13-7-5-4-6-8-13/h4-10,12H,3,11H2,1-2H3. The van der Waals surface area contributed by atoms with Crippen LogP contribution in [0.15, 0.2) is 48.5 Å². The van der Waals surface area contributed by atoms with Crippen LogP contribution < -0.4 is 9.47 Å². The number of rotatable bonds is 5. The first-order valence-electron chi connectivity index (χ1n) is 7.12. The Kier molecular flexibility index (Phi) is 4.11. The highest BCUT2D eigenvalue weighted by Crippen LogP contribution is 2.42. The van der Waals surface area contributed by atoms with Gasteiger partial charge in [-0.3, -0.25) is 0 Å². The largest absolute Gasteiger partial charge is 0.496 e. The molecular weight excluding hydrogens is 280 g/mol. The summed E-state index contributed by atoms with van der Waals surface area (Å²) in [5.74, 6) is 1.84. The fourth-order valence-electron chi connectivity index (χ4n) is 2.32. The lowest BCUT2D eigenvalue weighted by Gasteiger charge is -2.08. The van der Waals surface area contributed by atoms with Gasteiger partial charge in [-0.1, -0.05) is 37.3 Å². The third-order valence-corrected chi connectivity index (χ3v) is 4.55. The number of thiophene rings is 1. The maximum absolute atomic E-state index is 5.87. The molecule has 0 bridgehead atoms. The van der Waals surface area contributed by atoms with Crippen molar-refractivity contribution >= 4 is 21.4 Å². The highest BCUT2D eigenvalue weighted by molar-refractivity contribution is 7.22. The summed E-state index contributed by atoms with van der Waals surface area (Å²) in [6.45, 7) is 2.85. The van der Waals surface area contributed by atoms with Crippen LogP contribution in [0.4, 0.5) is 0 Å². The van der Waals surface area contributed by atoms with Gasteiger partial charge in [0.1, 0.15) is 11.5 Å². The molecule has 0 aliphatic heterocycles. The molecule has 3 rings (SSSR count). The molecule has 3 heteroatoms. The Balaban J connectivity index is 2.13. The predicted molar refractivity (Wildman–Crippen MR) is 89.6 cm³/mol. The molecule has 1 heterocycles. The molecule has 108 valence electrons.